The smallest absolute Gasteiger partial charge is 0.0639 e. The SMILES string of the molecule is CC(O)CN1CCSC(C)C1. The fraction of sp³-hybridized carbons (Fsp3) is 1.00. The van der Waals surface area contributed by atoms with Crippen LogP contribution in [0.3, 0.4) is 0 Å². The molecule has 11 heavy (non-hydrogen) atoms. The first-order valence-electron chi connectivity index (χ1n) is 4.20. The maximum absolute atomic E-state index is 9.14. The Morgan fingerprint density at radius 1 is 1.73 bits per heavy atom. The second-order valence-electron chi connectivity index (χ2n) is 3.29. The number of aliphatic hydroxyl groups is 1. The van der Waals surface area contributed by atoms with Gasteiger partial charge in [0.25, 0.3) is 0 Å². The minimum atomic E-state index is -0.176. The van der Waals surface area contributed by atoms with E-state index in [-0.39, 0.29) is 6.10 Å². The molecule has 1 fully saturated rings. The van der Waals surface area contributed by atoms with Gasteiger partial charge >= 0.3 is 0 Å². The Balaban J connectivity index is 2.23. The summed E-state index contributed by atoms with van der Waals surface area (Å²) >= 11 is 2.03. The van der Waals surface area contributed by atoms with E-state index in [9.17, 15) is 0 Å². The molecular weight excluding hydrogens is 158 g/mol. The molecule has 3 heteroatoms. The van der Waals surface area contributed by atoms with Crippen LogP contribution in [-0.2, 0) is 0 Å². The topological polar surface area (TPSA) is 23.5 Å². The van der Waals surface area contributed by atoms with Gasteiger partial charge in [-0.1, -0.05) is 6.92 Å². The van der Waals surface area contributed by atoms with Gasteiger partial charge in [0.15, 0.2) is 0 Å². The van der Waals surface area contributed by atoms with Crippen molar-refractivity contribution in [1.82, 2.24) is 4.90 Å². The molecule has 0 amide bonds. The zero-order valence-corrected chi connectivity index (χ0v) is 8.10. The minimum absolute atomic E-state index is 0.176. The highest BCUT2D eigenvalue weighted by Crippen LogP contribution is 2.17. The molecule has 66 valence electrons. The van der Waals surface area contributed by atoms with Gasteiger partial charge in [0, 0.05) is 30.6 Å². The summed E-state index contributed by atoms with van der Waals surface area (Å²) in [4.78, 5) is 2.34. The first kappa shape index (κ1) is 9.36. The summed E-state index contributed by atoms with van der Waals surface area (Å²) in [6.45, 7) is 7.21. The molecule has 0 aromatic rings. The number of β-amino-alcohol motifs (C(OH)–C–C–N with tert-alkyl or cyclic N) is 1. The quantitative estimate of drug-likeness (QED) is 0.671. The van der Waals surface area contributed by atoms with Crippen LogP contribution in [0.4, 0.5) is 0 Å². The average molecular weight is 175 g/mol. The number of rotatable bonds is 2. The predicted molar refractivity (Wildman–Crippen MR) is 50.0 cm³/mol. The lowest BCUT2D eigenvalue weighted by Crippen LogP contribution is -2.40. The monoisotopic (exact) mass is 175 g/mol. The van der Waals surface area contributed by atoms with Crippen molar-refractivity contribution >= 4 is 11.8 Å². The van der Waals surface area contributed by atoms with Crippen LogP contribution in [0.5, 0.6) is 0 Å². The van der Waals surface area contributed by atoms with Crippen LogP contribution < -0.4 is 0 Å². The molecule has 1 saturated heterocycles. The molecule has 0 aliphatic carbocycles. The molecule has 2 atom stereocenters. The average Bonchev–Trinajstić information content (AvgIpc) is 1.85. The van der Waals surface area contributed by atoms with Gasteiger partial charge < -0.3 is 5.11 Å². The maximum atomic E-state index is 9.14. The Morgan fingerprint density at radius 2 is 2.45 bits per heavy atom. The molecule has 0 aromatic heterocycles. The van der Waals surface area contributed by atoms with Gasteiger partial charge in [0.1, 0.15) is 0 Å². The van der Waals surface area contributed by atoms with Gasteiger partial charge in [0.2, 0.25) is 0 Å². The van der Waals surface area contributed by atoms with Crippen molar-refractivity contribution in [3.8, 4) is 0 Å². The Hall–Kier alpha value is 0.270. The highest BCUT2D eigenvalue weighted by atomic mass is 32.2. The molecular formula is C8H17NOS. The van der Waals surface area contributed by atoms with E-state index < -0.39 is 0 Å². The third kappa shape index (κ3) is 3.45. The van der Waals surface area contributed by atoms with Crippen LogP contribution in [0.25, 0.3) is 0 Å². The van der Waals surface area contributed by atoms with Gasteiger partial charge in [-0.15, -0.1) is 0 Å². The molecule has 0 radical (unpaired) electrons. The van der Waals surface area contributed by atoms with Crippen LogP contribution in [-0.4, -0.2) is 46.7 Å². The zero-order valence-electron chi connectivity index (χ0n) is 7.29. The molecule has 1 rings (SSSR count). The Bertz CT molecular complexity index is 117. The van der Waals surface area contributed by atoms with Crippen molar-refractivity contribution in [2.24, 2.45) is 0 Å². The number of nitrogens with zero attached hydrogens (tertiary/aromatic N) is 1. The first-order valence-corrected chi connectivity index (χ1v) is 5.25. The van der Waals surface area contributed by atoms with Gasteiger partial charge in [-0.25, -0.2) is 0 Å². The van der Waals surface area contributed by atoms with E-state index in [1.54, 1.807) is 0 Å². The molecule has 0 spiro atoms. The largest absolute Gasteiger partial charge is 0.392 e. The fourth-order valence-corrected chi connectivity index (χ4v) is 2.51. The maximum Gasteiger partial charge on any atom is 0.0639 e. The predicted octanol–water partition coefficient (Wildman–Crippen LogP) is 0.805. The number of hydrogen-bond donors (Lipinski definition) is 1. The molecule has 0 aromatic carbocycles. The number of thioether (sulfide) groups is 1. The summed E-state index contributed by atoms with van der Waals surface area (Å²) in [7, 11) is 0. The molecule has 2 nitrogen and oxygen atoms in total. The third-order valence-electron chi connectivity index (χ3n) is 1.85. The summed E-state index contributed by atoms with van der Waals surface area (Å²) in [5.41, 5.74) is 0. The standard InChI is InChI=1S/C8H17NOS/c1-7(10)5-9-3-4-11-8(2)6-9/h7-8,10H,3-6H2,1-2H3. The van der Waals surface area contributed by atoms with E-state index in [1.807, 2.05) is 18.7 Å². The van der Waals surface area contributed by atoms with Gasteiger partial charge in [-0.3, -0.25) is 4.90 Å². The van der Waals surface area contributed by atoms with Crippen molar-refractivity contribution in [3.05, 3.63) is 0 Å². The Morgan fingerprint density at radius 3 is 3.00 bits per heavy atom. The van der Waals surface area contributed by atoms with Gasteiger partial charge in [-0.2, -0.15) is 11.8 Å². The second-order valence-corrected chi connectivity index (χ2v) is 4.84. The molecule has 1 aliphatic heterocycles. The van der Waals surface area contributed by atoms with E-state index in [2.05, 4.69) is 11.8 Å². The lowest BCUT2D eigenvalue weighted by Gasteiger charge is -2.31. The van der Waals surface area contributed by atoms with E-state index >= 15 is 0 Å². The summed E-state index contributed by atoms with van der Waals surface area (Å²) < 4.78 is 0. The molecule has 0 saturated carbocycles. The van der Waals surface area contributed by atoms with Crippen LogP contribution in [0.1, 0.15) is 13.8 Å². The Labute approximate surface area is 73.0 Å². The molecule has 1 heterocycles. The van der Waals surface area contributed by atoms with Crippen LogP contribution in [0.15, 0.2) is 0 Å². The van der Waals surface area contributed by atoms with Gasteiger partial charge in [0.05, 0.1) is 6.10 Å². The summed E-state index contributed by atoms with van der Waals surface area (Å²) in [5, 5.41) is 9.88. The molecule has 1 N–H and O–H groups in total. The fourth-order valence-electron chi connectivity index (χ4n) is 1.43. The van der Waals surface area contributed by atoms with Crippen LogP contribution >= 0.6 is 11.8 Å². The molecule has 0 bridgehead atoms. The first-order chi connectivity index (χ1) is 5.18. The minimum Gasteiger partial charge on any atom is -0.392 e. The third-order valence-corrected chi connectivity index (χ3v) is 2.98. The van der Waals surface area contributed by atoms with Gasteiger partial charge in [-0.05, 0) is 6.92 Å². The number of aliphatic hydroxyl groups excluding tert-OH is 1. The van der Waals surface area contributed by atoms with E-state index in [4.69, 9.17) is 5.11 Å². The van der Waals surface area contributed by atoms with Crippen molar-refractivity contribution < 1.29 is 5.11 Å². The summed E-state index contributed by atoms with van der Waals surface area (Å²) in [5.74, 6) is 1.22. The zero-order chi connectivity index (χ0) is 8.27. The van der Waals surface area contributed by atoms with Crippen molar-refractivity contribution in [2.75, 3.05) is 25.4 Å². The molecule has 1 aliphatic rings. The van der Waals surface area contributed by atoms with E-state index in [0.717, 1.165) is 24.9 Å². The van der Waals surface area contributed by atoms with E-state index in [1.165, 1.54) is 5.75 Å². The summed E-state index contributed by atoms with van der Waals surface area (Å²) in [6, 6.07) is 0. The van der Waals surface area contributed by atoms with E-state index in [0.29, 0.717) is 0 Å². The lowest BCUT2D eigenvalue weighted by molar-refractivity contribution is 0.129. The van der Waals surface area contributed by atoms with Crippen LogP contribution in [0.2, 0.25) is 0 Å². The van der Waals surface area contributed by atoms with Crippen molar-refractivity contribution in [2.45, 2.75) is 25.2 Å². The Kier molecular flexibility index (Phi) is 3.69. The van der Waals surface area contributed by atoms with Crippen molar-refractivity contribution in [3.63, 3.8) is 0 Å². The lowest BCUT2D eigenvalue weighted by atomic mass is 10.3. The normalized spacial score (nSPS) is 30.3. The van der Waals surface area contributed by atoms with Crippen LogP contribution in [0, 0.1) is 0 Å². The highest BCUT2D eigenvalue weighted by molar-refractivity contribution is 7.99. The molecule has 2 unspecified atom stereocenters. The highest BCUT2D eigenvalue weighted by Gasteiger charge is 2.17. The van der Waals surface area contributed by atoms with Crippen molar-refractivity contribution in [1.29, 1.82) is 0 Å². The summed E-state index contributed by atoms with van der Waals surface area (Å²) in [6.07, 6.45) is -0.176. The second kappa shape index (κ2) is 4.33. The number of hydrogen-bond acceptors (Lipinski definition) is 3.